The first-order valence-electron chi connectivity index (χ1n) is 22.7. The first-order chi connectivity index (χ1) is 32.8. The van der Waals surface area contributed by atoms with E-state index in [9.17, 15) is 0 Å². The van der Waals surface area contributed by atoms with E-state index in [1.54, 1.807) is 0 Å². The molecule has 0 radical (unpaired) electrons. The molecular weight excluding hydrogens is 797 g/mol. The molecule has 0 aliphatic carbocycles. The molecule has 0 bridgehead atoms. The van der Waals surface area contributed by atoms with Crippen LogP contribution in [0.25, 0.3) is 93.9 Å². The number of nitrogens with zero attached hydrogens (tertiary/aromatic N) is 2. The third-order valence-corrected chi connectivity index (χ3v) is 13.0. The third-order valence-electron chi connectivity index (χ3n) is 13.0. The number of anilines is 3. The zero-order chi connectivity index (χ0) is 43.8. The molecule has 1 aromatic heterocycles. The fraction of sp³-hybridized carbons (Fsp3) is 0. The molecule has 0 fully saturated rings. The summed E-state index contributed by atoms with van der Waals surface area (Å²) >= 11 is 0. The van der Waals surface area contributed by atoms with E-state index in [-0.39, 0.29) is 0 Å². The summed E-state index contributed by atoms with van der Waals surface area (Å²) in [4.78, 5) is 2.36. The molecular formula is C64H44N2. The highest BCUT2D eigenvalue weighted by Crippen LogP contribution is 2.51. The second-order valence-electron chi connectivity index (χ2n) is 16.8. The monoisotopic (exact) mass is 840 g/mol. The van der Waals surface area contributed by atoms with Gasteiger partial charge in [-0.1, -0.05) is 206 Å². The Morgan fingerprint density at radius 2 is 0.636 bits per heavy atom. The van der Waals surface area contributed by atoms with E-state index in [2.05, 4.69) is 276 Å². The predicted molar refractivity (Wildman–Crippen MR) is 280 cm³/mol. The third kappa shape index (κ3) is 6.84. The molecule has 0 amide bonds. The smallest absolute Gasteiger partial charge is 0.0541 e. The minimum atomic E-state index is 1.08. The maximum atomic E-state index is 2.42. The minimum Gasteiger partial charge on any atom is -0.310 e. The lowest BCUT2D eigenvalue weighted by molar-refractivity contribution is 1.17. The van der Waals surface area contributed by atoms with Crippen LogP contribution in [-0.4, -0.2) is 4.57 Å². The second kappa shape index (κ2) is 16.8. The van der Waals surface area contributed by atoms with Gasteiger partial charge in [0, 0.05) is 33.5 Å². The summed E-state index contributed by atoms with van der Waals surface area (Å²) in [5.74, 6) is 0. The van der Waals surface area contributed by atoms with Crippen molar-refractivity contribution in [2.24, 2.45) is 0 Å². The molecule has 0 saturated heterocycles. The first-order valence-corrected chi connectivity index (χ1v) is 22.7. The fourth-order valence-corrected chi connectivity index (χ4v) is 10.1. The minimum absolute atomic E-state index is 1.08. The van der Waals surface area contributed by atoms with Gasteiger partial charge in [-0.2, -0.15) is 0 Å². The summed E-state index contributed by atoms with van der Waals surface area (Å²) in [7, 11) is 0. The molecule has 1 heterocycles. The number of hydrogen-bond acceptors (Lipinski definition) is 1. The van der Waals surface area contributed by atoms with Crippen LogP contribution < -0.4 is 4.90 Å². The van der Waals surface area contributed by atoms with Crippen molar-refractivity contribution in [3.05, 3.63) is 267 Å². The Kier molecular flexibility index (Phi) is 9.89. The van der Waals surface area contributed by atoms with Crippen molar-refractivity contribution in [1.82, 2.24) is 4.57 Å². The van der Waals surface area contributed by atoms with Crippen LogP contribution >= 0.6 is 0 Å². The number of para-hydroxylation sites is 3. The first kappa shape index (κ1) is 38.9. The van der Waals surface area contributed by atoms with Gasteiger partial charge in [0.15, 0.2) is 0 Å². The zero-order valence-electron chi connectivity index (χ0n) is 36.3. The lowest BCUT2D eigenvalue weighted by atomic mass is 9.78. The van der Waals surface area contributed by atoms with Gasteiger partial charge >= 0.3 is 0 Å². The van der Waals surface area contributed by atoms with Crippen molar-refractivity contribution in [1.29, 1.82) is 0 Å². The van der Waals surface area contributed by atoms with Crippen LogP contribution in [0.15, 0.2) is 267 Å². The summed E-state index contributed by atoms with van der Waals surface area (Å²) in [5.41, 5.74) is 18.8. The molecule has 0 N–H and O–H groups in total. The Morgan fingerprint density at radius 3 is 1.17 bits per heavy atom. The lowest BCUT2D eigenvalue weighted by Crippen LogP contribution is -2.10. The van der Waals surface area contributed by atoms with Crippen molar-refractivity contribution in [3.63, 3.8) is 0 Å². The van der Waals surface area contributed by atoms with Crippen LogP contribution in [0.4, 0.5) is 17.1 Å². The molecule has 310 valence electrons. The van der Waals surface area contributed by atoms with Crippen molar-refractivity contribution >= 4 is 49.6 Å². The van der Waals surface area contributed by atoms with Gasteiger partial charge in [0.25, 0.3) is 0 Å². The van der Waals surface area contributed by atoms with E-state index in [1.807, 2.05) is 0 Å². The van der Waals surface area contributed by atoms with Gasteiger partial charge in [0.05, 0.1) is 11.0 Å². The van der Waals surface area contributed by atoms with E-state index < -0.39 is 0 Å². The molecule has 12 aromatic rings. The Morgan fingerprint density at radius 1 is 0.227 bits per heavy atom. The average Bonchev–Trinajstić information content (AvgIpc) is 3.74. The number of benzene rings is 11. The van der Waals surface area contributed by atoms with Crippen molar-refractivity contribution in [3.8, 4) is 61.3 Å². The molecule has 0 spiro atoms. The Bertz CT molecular complexity index is 3600. The average molecular weight is 841 g/mol. The Labute approximate surface area is 385 Å². The maximum absolute atomic E-state index is 2.42. The van der Waals surface area contributed by atoms with Gasteiger partial charge in [-0.05, 0) is 127 Å². The Balaban J connectivity index is 1.04. The molecule has 0 unspecified atom stereocenters. The maximum Gasteiger partial charge on any atom is 0.0541 e. The van der Waals surface area contributed by atoms with Crippen LogP contribution in [0.3, 0.4) is 0 Å². The van der Waals surface area contributed by atoms with E-state index in [4.69, 9.17) is 0 Å². The standard InChI is InChI=1S/C64H44N2/c1-6-21-46(22-7-1)61-57-42-39-50(43-58(57)62(47-23-8-2-9-24-47)64(49-27-12-4-13-28-49)63(61)48-25-10-3-11-26-48)45-37-40-52(41-38-45)65(51-29-14-5-15-30-51)53-31-20-32-54(44-53)66-59-35-18-16-33-55(59)56-34-17-19-36-60(56)66/h1-44H. The molecule has 0 aliphatic rings. The van der Waals surface area contributed by atoms with Gasteiger partial charge in [-0.15, -0.1) is 0 Å². The lowest BCUT2D eigenvalue weighted by Gasteiger charge is -2.26. The van der Waals surface area contributed by atoms with Crippen molar-refractivity contribution in [2.75, 3.05) is 4.90 Å². The predicted octanol–water partition coefficient (Wildman–Crippen LogP) is 17.7. The van der Waals surface area contributed by atoms with Crippen LogP contribution in [0.5, 0.6) is 0 Å². The summed E-state index contributed by atoms with van der Waals surface area (Å²) in [6, 6.07) is 96.9. The van der Waals surface area contributed by atoms with E-state index >= 15 is 0 Å². The number of aromatic nitrogens is 1. The van der Waals surface area contributed by atoms with Crippen LogP contribution in [0.2, 0.25) is 0 Å². The number of rotatable bonds is 9. The highest BCUT2D eigenvalue weighted by molar-refractivity contribution is 6.19. The van der Waals surface area contributed by atoms with E-state index in [0.717, 1.165) is 33.9 Å². The van der Waals surface area contributed by atoms with Gasteiger partial charge in [0.1, 0.15) is 0 Å². The van der Waals surface area contributed by atoms with Crippen molar-refractivity contribution < 1.29 is 0 Å². The van der Waals surface area contributed by atoms with Crippen LogP contribution in [0.1, 0.15) is 0 Å². The quantitative estimate of drug-likeness (QED) is 0.141. The normalized spacial score (nSPS) is 11.3. The van der Waals surface area contributed by atoms with Crippen LogP contribution in [-0.2, 0) is 0 Å². The van der Waals surface area contributed by atoms with E-state index in [0.29, 0.717) is 0 Å². The molecule has 11 aromatic carbocycles. The van der Waals surface area contributed by atoms with Crippen molar-refractivity contribution in [2.45, 2.75) is 0 Å². The molecule has 2 nitrogen and oxygen atoms in total. The second-order valence-corrected chi connectivity index (χ2v) is 16.8. The van der Waals surface area contributed by atoms with Gasteiger partial charge in [-0.25, -0.2) is 0 Å². The number of fused-ring (bicyclic) bond motifs is 4. The molecule has 12 rings (SSSR count). The molecule has 2 heteroatoms. The SMILES string of the molecule is c1ccc(-c2c(-c3ccccc3)c(-c3ccccc3)c3cc(-c4ccc(N(c5ccccc5)c5cccc(-n6c7ccccc7c7ccccc76)c5)cc4)ccc3c2-c2ccccc2)cc1. The van der Waals surface area contributed by atoms with Gasteiger partial charge in [-0.3, -0.25) is 0 Å². The Hall–Kier alpha value is -8.72. The van der Waals surface area contributed by atoms with Gasteiger partial charge in [0.2, 0.25) is 0 Å². The van der Waals surface area contributed by atoms with Crippen LogP contribution in [0, 0.1) is 0 Å². The highest BCUT2D eigenvalue weighted by atomic mass is 15.1. The van der Waals surface area contributed by atoms with E-state index in [1.165, 1.54) is 77.1 Å². The summed E-state index contributed by atoms with van der Waals surface area (Å²) in [6.07, 6.45) is 0. The summed E-state index contributed by atoms with van der Waals surface area (Å²) in [5, 5.41) is 4.94. The zero-order valence-corrected chi connectivity index (χ0v) is 36.3. The molecule has 66 heavy (non-hydrogen) atoms. The highest BCUT2D eigenvalue weighted by Gasteiger charge is 2.25. The largest absolute Gasteiger partial charge is 0.310 e. The topological polar surface area (TPSA) is 8.17 Å². The molecule has 0 saturated carbocycles. The summed E-state index contributed by atoms with van der Waals surface area (Å²) < 4.78 is 2.39. The number of hydrogen-bond donors (Lipinski definition) is 0. The summed E-state index contributed by atoms with van der Waals surface area (Å²) in [6.45, 7) is 0. The fourth-order valence-electron chi connectivity index (χ4n) is 10.1. The molecule has 0 atom stereocenters. The van der Waals surface area contributed by atoms with Gasteiger partial charge < -0.3 is 9.47 Å². The molecule has 0 aliphatic heterocycles.